The molecule has 0 bridgehead atoms. The van der Waals surface area contributed by atoms with Crippen molar-refractivity contribution in [2.75, 3.05) is 6.54 Å². The Morgan fingerprint density at radius 1 is 1.43 bits per heavy atom. The van der Waals surface area contributed by atoms with E-state index in [1.54, 1.807) is 24.3 Å². The monoisotopic (exact) mass is 286 g/mol. The van der Waals surface area contributed by atoms with Crippen LogP contribution in [0.15, 0.2) is 30.6 Å². The van der Waals surface area contributed by atoms with Gasteiger partial charge in [0.1, 0.15) is 12.2 Å². The number of nitrogens with zero attached hydrogens (tertiary/aromatic N) is 3. The van der Waals surface area contributed by atoms with Gasteiger partial charge in [0.05, 0.1) is 12.6 Å². The topological polar surface area (TPSA) is 82.1 Å². The van der Waals surface area contributed by atoms with Crippen LogP contribution in [0.5, 0.6) is 0 Å². The quantitative estimate of drug-likeness (QED) is 0.899. The fourth-order valence-corrected chi connectivity index (χ4v) is 2.80. The van der Waals surface area contributed by atoms with Gasteiger partial charge in [-0.1, -0.05) is 12.1 Å². The summed E-state index contributed by atoms with van der Waals surface area (Å²) in [6, 6.07) is 7.08. The van der Waals surface area contributed by atoms with Crippen LogP contribution < -0.4 is 0 Å². The fourth-order valence-electron chi connectivity index (χ4n) is 2.80. The molecule has 1 amide bonds. The molecular weight excluding hydrogens is 268 g/mol. The van der Waals surface area contributed by atoms with Crippen LogP contribution in [0.25, 0.3) is 0 Å². The number of carbonyl (C=O) groups is 1. The molecule has 6 heteroatoms. The lowest BCUT2D eigenvalue weighted by Gasteiger charge is -2.34. The van der Waals surface area contributed by atoms with Crippen LogP contribution in [-0.2, 0) is 6.61 Å². The van der Waals surface area contributed by atoms with E-state index in [9.17, 15) is 9.90 Å². The first-order valence-electron chi connectivity index (χ1n) is 7.15. The maximum Gasteiger partial charge on any atom is 0.254 e. The molecule has 0 unspecified atom stereocenters. The summed E-state index contributed by atoms with van der Waals surface area (Å²) in [6.07, 6.45) is 4.43. The number of hydrogen-bond acceptors (Lipinski definition) is 4. The smallest absolute Gasteiger partial charge is 0.254 e. The number of aliphatic hydroxyl groups is 1. The molecule has 0 spiro atoms. The molecule has 1 fully saturated rings. The molecule has 0 aliphatic carbocycles. The van der Waals surface area contributed by atoms with Gasteiger partial charge in [0.2, 0.25) is 0 Å². The summed E-state index contributed by atoms with van der Waals surface area (Å²) in [6.45, 7) is 0.653. The molecule has 21 heavy (non-hydrogen) atoms. The minimum Gasteiger partial charge on any atom is -0.392 e. The lowest BCUT2D eigenvalue weighted by molar-refractivity contribution is 0.0600. The molecule has 1 aromatic carbocycles. The predicted molar refractivity (Wildman–Crippen MR) is 76.4 cm³/mol. The molecule has 2 aromatic rings. The summed E-state index contributed by atoms with van der Waals surface area (Å²) in [4.78, 5) is 18.8. The van der Waals surface area contributed by atoms with Gasteiger partial charge in [-0.05, 0) is 37.0 Å². The summed E-state index contributed by atoms with van der Waals surface area (Å²) in [5, 5.41) is 16.0. The van der Waals surface area contributed by atoms with Crippen LogP contribution in [0.1, 0.15) is 47.1 Å². The van der Waals surface area contributed by atoms with Gasteiger partial charge in [-0.2, -0.15) is 5.10 Å². The number of hydrogen-bond donors (Lipinski definition) is 2. The number of H-pyrrole nitrogens is 1. The molecule has 1 atom stereocenters. The van der Waals surface area contributed by atoms with Crippen molar-refractivity contribution in [2.24, 2.45) is 0 Å². The van der Waals surface area contributed by atoms with E-state index in [2.05, 4.69) is 15.2 Å². The molecule has 1 aliphatic heterocycles. The molecule has 1 aliphatic rings. The van der Waals surface area contributed by atoms with Gasteiger partial charge in [-0.25, -0.2) is 4.98 Å². The zero-order valence-electron chi connectivity index (χ0n) is 11.7. The van der Waals surface area contributed by atoms with E-state index in [-0.39, 0.29) is 18.6 Å². The number of aromatic amines is 1. The summed E-state index contributed by atoms with van der Waals surface area (Å²) in [5.41, 5.74) is 1.35. The van der Waals surface area contributed by atoms with Gasteiger partial charge in [-0.15, -0.1) is 0 Å². The third-order valence-corrected chi connectivity index (χ3v) is 3.87. The number of piperidine rings is 1. The van der Waals surface area contributed by atoms with Crippen LogP contribution in [0.2, 0.25) is 0 Å². The van der Waals surface area contributed by atoms with Crippen molar-refractivity contribution < 1.29 is 9.90 Å². The van der Waals surface area contributed by atoms with Crippen molar-refractivity contribution in [1.29, 1.82) is 0 Å². The second-order valence-electron chi connectivity index (χ2n) is 5.24. The number of likely N-dealkylation sites (tertiary alicyclic amines) is 1. The molecule has 0 saturated carbocycles. The minimum absolute atomic E-state index is 0.0219. The zero-order chi connectivity index (χ0) is 14.7. The first kappa shape index (κ1) is 13.8. The van der Waals surface area contributed by atoms with Gasteiger partial charge >= 0.3 is 0 Å². The van der Waals surface area contributed by atoms with Gasteiger partial charge in [0.25, 0.3) is 5.91 Å². The van der Waals surface area contributed by atoms with Crippen molar-refractivity contribution in [1.82, 2.24) is 20.1 Å². The second-order valence-corrected chi connectivity index (χ2v) is 5.24. The van der Waals surface area contributed by atoms with Crippen LogP contribution in [0, 0.1) is 0 Å². The Hall–Kier alpha value is -2.21. The third-order valence-electron chi connectivity index (χ3n) is 3.87. The van der Waals surface area contributed by atoms with E-state index in [0.29, 0.717) is 12.1 Å². The highest BCUT2D eigenvalue weighted by atomic mass is 16.3. The molecule has 1 saturated heterocycles. The van der Waals surface area contributed by atoms with Gasteiger partial charge < -0.3 is 10.0 Å². The number of aromatic nitrogens is 3. The number of amides is 1. The van der Waals surface area contributed by atoms with E-state index in [1.165, 1.54) is 6.33 Å². The van der Waals surface area contributed by atoms with Crippen molar-refractivity contribution >= 4 is 5.91 Å². The van der Waals surface area contributed by atoms with Crippen LogP contribution in [-0.4, -0.2) is 37.6 Å². The van der Waals surface area contributed by atoms with Crippen molar-refractivity contribution in [3.63, 3.8) is 0 Å². The van der Waals surface area contributed by atoms with Crippen LogP contribution in [0.4, 0.5) is 0 Å². The standard InChI is InChI=1S/C15H18N4O2/c20-9-11-4-3-5-12(8-11)15(21)19-7-2-1-6-13(19)14-16-10-17-18-14/h3-5,8,10,13,20H,1-2,6-7,9H2,(H,16,17,18)/t13-/m0/s1. The Morgan fingerprint density at radius 2 is 2.33 bits per heavy atom. The number of aliphatic hydroxyl groups excluding tert-OH is 1. The van der Waals surface area contributed by atoms with Crippen molar-refractivity contribution in [3.8, 4) is 0 Å². The highest BCUT2D eigenvalue weighted by Crippen LogP contribution is 2.30. The number of carbonyl (C=O) groups excluding carboxylic acids is 1. The SMILES string of the molecule is O=C(c1cccc(CO)c1)N1CCCC[C@H]1c1ncn[nH]1. The van der Waals surface area contributed by atoms with Crippen LogP contribution in [0.3, 0.4) is 0 Å². The highest BCUT2D eigenvalue weighted by Gasteiger charge is 2.30. The maximum absolute atomic E-state index is 12.8. The van der Waals surface area contributed by atoms with E-state index in [0.717, 1.165) is 30.7 Å². The van der Waals surface area contributed by atoms with Gasteiger partial charge in [-0.3, -0.25) is 9.89 Å². The molecule has 2 N–H and O–H groups in total. The van der Waals surface area contributed by atoms with E-state index < -0.39 is 0 Å². The largest absolute Gasteiger partial charge is 0.392 e. The van der Waals surface area contributed by atoms with E-state index in [4.69, 9.17) is 0 Å². The first-order valence-corrected chi connectivity index (χ1v) is 7.15. The van der Waals surface area contributed by atoms with E-state index >= 15 is 0 Å². The van der Waals surface area contributed by atoms with Gasteiger partial charge in [0, 0.05) is 12.1 Å². The lowest BCUT2D eigenvalue weighted by atomic mass is 10.00. The Labute approximate surface area is 122 Å². The molecule has 1 aromatic heterocycles. The normalized spacial score (nSPS) is 18.7. The molecule has 0 radical (unpaired) electrons. The molecule has 3 rings (SSSR count). The average molecular weight is 286 g/mol. The predicted octanol–water partition coefficient (Wildman–Crippen LogP) is 1.66. The van der Waals surface area contributed by atoms with Crippen molar-refractivity contribution in [2.45, 2.75) is 31.9 Å². The Balaban J connectivity index is 1.87. The van der Waals surface area contributed by atoms with Crippen LogP contribution >= 0.6 is 0 Å². The molecule has 110 valence electrons. The molecular formula is C15H18N4O2. The number of nitrogens with one attached hydrogen (secondary N) is 1. The van der Waals surface area contributed by atoms with E-state index in [1.807, 2.05) is 4.90 Å². The molecule has 6 nitrogen and oxygen atoms in total. The Morgan fingerprint density at radius 3 is 3.10 bits per heavy atom. The summed E-state index contributed by atoms with van der Waals surface area (Å²) >= 11 is 0. The maximum atomic E-state index is 12.8. The number of benzene rings is 1. The minimum atomic E-state index is -0.0628. The average Bonchev–Trinajstić information content (AvgIpc) is 3.08. The summed E-state index contributed by atoms with van der Waals surface area (Å²) in [5.74, 6) is 0.716. The molecule has 2 heterocycles. The Bertz CT molecular complexity index is 612. The van der Waals surface area contributed by atoms with Gasteiger partial charge in [0.15, 0.2) is 0 Å². The summed E-state index contributed by atoms with van der Waals surface area (Å²) < 4.78 is 0. The number of rotatable bonds is 3. The Kier molecular flexibility index (Phi) is 3.96. The first-order chi connectivity index (χ1) is 10.3. The zero-order valence-corrected chi connectivity index (χ0v) is 11.7. The fraction of sp³-hybridized carbons (Fsp3) is 0.400. The summed E-state index contributed by atoms with van der Waals surface area (Å²) in [7, 11) is 0. The second kappa shape index (κ2) is 6.05. The third kappa shape index (κ3) is 2.80. The highest BCUT2D eigenvalue weighted by molar-refractivity contribution is 5.94. The van der Waals surface area contributed by atoms with Crippen molar-refractivity contribution in [3.05, 3.63) is 47.5 Å². The lowest BCUT2D eigenvalue weighted by Crippen LogP contribution is -2.39.